The van der Waals surface area contributed by atoms with Crippen LogP contribution < -0.4 is 4.90 Å². The molecule has 1 aliphatic rings. The fourth-order valence-corrected chi connectivity index (χ4v) is 3.92. The molecule has 0 aliphatic carbocycles. The SMILES string of the molecule is CCOC(=O)c1csc2nc(Cl)nc(N3CCN(C(=O)OCC)CC3)c12. The molecule has 140 valence electrons. The van der Waals surface area contributed by atoms with E-state index in [1.807, 2.05) is 4.90 Å². The summed E-state index contributed by atoms with van der Waals surface area (Å²) in [6.45, 7) is 6.29. The van der Waals surface area contributed by atoms with E-state index in [0.717, 1.165) is 0 Å². The fourth-order valence-electron chi connectivity index (χ4n) is 2.80. The van der Waals surface area contributed by atoms with Gasteiger partial charge in [-0.25, -0.2) is 14.6 Å². The van der Waals surface area contributed by atoms with Crippen molar-refractivity contribution in [3.8, 4) is 0 Å². The molecule has 0 radical (unpaired) electrons. The molecule has 1 fully saturated rings. The summed E-state index contributed by atoms with van der Waals surface area (Å²) in [7, 11) is 0. The maximum absolute atomic E-state index is 12.3. The van der Waals surface area contributed by atoms with Gasteiger partial charge in [-0.05, 0) is 25.4 Å². The molecule has 1 amide bonds. The van der Waals surface area contributed by atoms with Gasteiger partial charge in [0.05, 0.1) is 24.2 Å². The zero-order chi connectivity index (χ0) is 18.7. The Balaban J connectivity index is 1.89. The van der Waals surface area contributed by atoms with Gasteiger partial charge in [0.1, 0.15) is 10.6 Å². The van der Waals surface area contributed by atoms with Crippen molar-refractivity contribution in [2.75, 3.05) is 44.3 Å². The lowest BCUT2D eigenvalue weighted by Crippen LogP contribution is -2.49. The second kappa shape index (κ2) is 8.05. The number of nitrogens with zero attached hydrogens (tertiary/aromatic N) is 4. The average Bonchev–Trinajstić information content (AvgIpc) is 3.05. The highest BCUT2D eigenvalue weighted by molar-refractivity contribution is 7.17. The molecular weight excluding hydrogens is 380 g/mol. The summed E-state index contributed by atoms with van der Waals surface area (Å²) in [6, 6.07) is 0. The number of hydrogen-bond donors (Lipinski definition) is 0. The summed E-state index contributed by atoms with van der Waals surface area (Å²) in [4.78, 5) is 37.0. The fraction of sp³-hybridized carbons (Fsp3) is 0.500. The van der Waals surface area contributed by atoms with Crippen LogP contribution in [-0.4, -0.2) is 66.3 Å². The molecule has 3 heterocycles. The molecule has 0 saturated carbocycles. The molecule has 2 aromatic heterocycles. The van der Waals surface area contributed by atoms with Crippen LogP contribution in [0.5, 0.6) is 0 Å². The van der Waals surface area contributed by atoms with Crippen LogP contribution in [0.4, 0.5) is 10.6 Å². The van der Waals surface area contributed by atoms with Gasteiger partial charge in [0.15, 0.2) is 0 Å². The third-order valence-electron chi connectivity index (χ3n) is 3.99. The predicted octanol–water partition coefficient (Wildman–Crippen LogP) is 2.80. The van der Waals surface area contributed by atoms with Crippen molar-refractivity contribution in [3.05, 3.63) is 16.2 Å². The van der Waals surface area contributed by atoms with Crippen molar-refractivity contribution < 1.29 is 19.1 Å². The van der Waals surface area contributed by atoms with Gasteiger partial charge in [0.2, 0.25) is 5.28 Å². The third-order valence-corrected chi connectivity index (χ3v) is 5.03. The molecule has 1 aliphatic heterocycles. The summed E-state index contributed by atoms with van der Waals surface area (Å²) in [5.41, 5.74) is 0.436. The molecule has 1 saturated heterocycles. The van der Waals surface area contributed by atoms with Gasteiger partial charge in [-0.2, -0.15) is 4.98 Å². The minimum absolute atomic E-state index is 0.123. The molecule has 8 nitrogen and oxygen atoms in total. The van der Waals surface area contributed by atoms with Gasteiger partial charge in [-0.1, -0.05) is 0 Å². The highest BCUT2D eigenvalue weighted by atomic mass is 35.5. The number of esters is 1. The van der Waals surface area contributed by atoms with Crippen molar-refractivity contribution in [2.45, 2.75) is 13.8 Å². The Morgan fingerprint density at radius 3 is 2.50 bits per heavy atom. The smallest absolute Gasteiger partial charge is 0.409 e. The standard InChI is InChI=1S/C16H19ClN4O4S/c1-3-24-14(22)10-9-26-13-11(10)12(18-15(17)19-13)20-5-7-21(8-6-20)16(23)25-4-2/h9H,3-8H2,1-2H3. The van der Waals surface area contributed by atoms with E-state index in [4.69, 9.17) is 21.1 Å². The number of piperazine rings is 1. The quantitative estimate of drug-likeness (QED) is 0.578. The second-order valence-corrected chi connectivity index (χ2v) is 6.74. The molecule has 0 bridgehead atoms. The molecule has 2 aromatic rings. The highest BCUT2D eigenvalue weighted by Gasteiger charge is 2.27. The Bertz CT molecular complexity index is 820. The van der Waals surface area contributed by atoms with Crippen molar-refractivity contribution in [1.82, 2.24) is 14.9 Å². The van der Waals surface area contributed by atoms with Crippen molar-refractivity contribution in [2.24, 2.45) is 0 Å². The highest BCUT2D eigenvalue weighted by Crippen LogP contribution is 2.34. The van der Waals surface area contributed by atoms with Gasteiger partial charge in [0.25, 0.3) is 0 Å². The predicted molar refractivity (Wildman–Crippen MR) is 99.2 cm³/mol. The number of rotatable bonds is 4. The van der Waals surface area contributed by atoms with Crippen LogP contribution in [0.3, 0.4) is 0 Å². The van der Waals surface area contributed by atoms with Crippen molar-refractivity contribution in [1.29, 1.82) is 0 Å². The number of halogens is 1. The molecule has 26 heavy (non-hydrogen) atoms. The summed E-state index contributed by atoms with van der Waals surface area (Å²) in [5.74, 6) is 0.184. The lowest BCUT2D eigenvalue weighted by atomic mass is 10.2. The number of anilines is 1. The van der Waals surface area contributed by atoms with Crippen LogP contribution in [0.15, 0.2) is 5.38 Å². The maximum atomic E-state index is 12.3. The van der Waals surface area contributed by atoms with Crippen LogP contribution in [0.25, 0.3) is 10.2 Å². The molecule has 0 aromatic carbocycles. The van der Waals surface area contributed by atoms with E-state index in [1.165, 1.54) is 11.3 Å². The number of ether oxygens (including phenoxy) is 2. The zero-order valence-corrected chi connectivity index (χ0v) is 16.1. The first-order chi connectivity index (χ1) is 12.5. The van der Waals surface area contributed by atoms with E-state index in [1.54, 1.807) is 24.1 Å². The number of fused-ring (bicyclic) bond motifs is 1. The first-order valence-electron chi connectivity index (χ1n) is 8.33. The van der Waals surface area contributed by atoms with E-state index < -0.39 is 5.97 Å². The normalized spacial score (nSPS) is 14.6. The van der Waals surface area contributed by atoms with E-state index >= 15 is 0 Å². The Kier molecular flexibility index (Phi) is 5.77. The average molecular weight is 399 g/mol. The van der Waals surface area contributed by atoms with Crippen LogP contribution in [-0.2, 0) is 9.47 Å². The number of carbonyl (C=O) groups is 2. The number of thiophene rings is 1. The molecule has 3 rings (SSSR count). The van der Waals surface area contributed by atoms with Gasteiger partial charge >= 0.3 is 12.1 Å². The molecule has 0 N–H and O–H groups in total. The minimum atomic E-state index is -0.406. The lowest BCUT2D eigenvalue weighted by Gasteiger charge is -2.35. The van der Waals surface area contributed by atoms with Gasteiger partial charge < -0.3 is 19.3 Å². The second-order valence-electron chi connectivity index (χ2n) is 5.54. The monoisotopic (exact) mass is 398 g/mol. The van der Waals surface area contributed by atoms with Gasteiger partial charge in [0, 0.05) is 31.6 Å². The Labute approximate surface area is 159 Å². The largest absolute Gasteiger partial charge is 0.462 e. The third kappa shape index (κ3) is 3.68. The van der Waals surface area contributed by atoms with Gasteiger partial charge in [-0.15, -0.1) is 11.3 Å². The van der Waals surface area contributed by atoms with Crippen molar-refractivity contribution >= 4 is 51.0 Å². The summed E-state index contributed by atoms with van der Waals surface area (Å²) in [6.07, 6.45) is -0.319. The first-order valence-corrected chi connectivity index (χ1v) is 9.59. The lowest BCUT2D eigenvalue weighted by molar-refractivity contribution is 0.0529. The van der Waals surface area contributed by atoms with Crippen molar-refractivity contribution in [3.63, 3.8) is 0 Å². The topological polar surface area (TPSA) is 84.9 Å². The van der Waals surface area contributed by atoms with Crippen LogP contribution in [0, 0.1) is 0 Å². The minimum Gasteiger partial charge on any atom is -0.462 e. The Hall–Kier alpha value is -2.13. The Morgan fingerprint density at radius 2 is 1.85 bits per heavy atom. The van der Waals surface area contributed by atoms with E-state index in [2.05, 4.69) is 9.97 Å². The van der Waals surface area contributed by atoms with Gasteiger partial charge in [-0.3, -0.25) is 0 Å². The molecule has 0 atom stereocenters. The molecule has 0 unspecified atom stereocenters. The molecular formula is C16H19ClN4O4S. The zero-order valence-electron chi connectivity index (χ0n) is 14.5. The summed E-state index contributed by atoms with van der Waals surface area (Å²) >= 11 is 7.40. The van der Waals surface area contributed by atoms with Crippen LogP contribution >= 0.6 is 22.9 Å². The first kappa shape index (κ1) is 18.7. The number of amides is 1. The van der Waals surface area contributed by atoms with E-state index in [9.17, 15) is 9.59 Å². The summed E-state index contributed by atoms with van der Waals surface area (Å²) in [5, 5.41) is 2.48. The van der Waals surface area contributed by atoms with Crippen LogP contribution in [0.1, 0.15) is 24.2 Å². The number of carbonyl (C=O) groups excluding carboxylic acids is 2. The number of aromatic nitrogens is 2. The van der Waals surface area contributed by atoms with E-state index in [0.29, 0.717) is 54.4 Å². The maximum Gasteiger partial charge on any atom is 0.409 e. The summed E-state index contributed by atoms with van der Waals surface area (Å²) < 4.78 is 10.2. The number of hydrogen-bond acceptors (Lipinski definition) is 8. The van der Waals surface area contributed by atoms with E-state index in [-0.39, 0.29) is 18.0 Å². The van der Waals surface area contributed by atoms with Crippen LogP contribution in [0.2, 0.25) is 5.28 Å². The molecule has 0 spiro atoms. The Morgan fingerprint density at radius 1 is 1.15 bits per heavy atom. The molecule has 10 heteroatoms.